The molecule has 1 aromatic heterocycles. The SMILES string of the molecule is O=C(O)C(c1cc(F)ccc1C1CCC(F)(F)C1)N1CC[C@@H](OCCCCc2ccc3c(n2)NCCC3)C1. The number of carboxylic acids is 1. The number of fused-ring (bicyclic) bond motifs is 1. The molecule has 0 spiro atoms. The van der Waals surface area contributed by atoms with Crippen LogP contribution in [-0.4, -0.2) is 59.2 Å². The van der Waals surface area contributed by atoms with E-state index in [-0.39, 0.29) is 30.9 Å². The second-order valence-corrected chi connectivity index (χ2v) is 10.9. The number of carboxylic acid groups (broad SMARTS) is 1. The Balaban J connectivity index is 1.14. The maximum Gasteiger partial charge on any atom is 0.325 e. The van der Waals surface area contributed by atoms with Crippen LogP contribution in [0.25, 0.3) is 0 Å². The maximum atomic E-state index is 14.2. The van der Waals surface area contributed by atoms with Gasteiger partial charge < -0.3 is 15.2 Å². The Hall–Kier alpha value is -2.65. The number of hydrogen-bond acceptors (Lipinski definition) is 5. The lowest BCUT2D eigenvalue weighted by molar-refractivity contribution is -0.143. The van der Waals surface area contributed by atoms with Crippen LogP contribution in [0.1, 0.15) is 79.3 Å². The fourth-order valence-electron chi connectivity index (χ4n) is 6.15. The highest BCUT2D eigenvalue weighted by Gasteiger charge is 2.43. The monoisotopic (exact) mass is 531 g/mol. The molecule has 1 aromatic carbocycles. The zero-order valence-electron chi connectivity index (χ0n) is 21.6. The van der Waals surface area contributed by atoms with Crippen LogP contribution in [0.3, 0.4) is 0 Å². The van der Waals surface area contributed by atoms with Crippen molar-refractivity contribution in [1.29, 1.82) is 0 Å². The Kier molecular flexibility index (Phi) is 8.23. The Morgan fingerprint density at radius 3 is 2.89 bits per heavy atom. The van der Waals surface area contributed by atoms with Crippen molar-refractivity contribution in [2.75, 3.05) is 31.6 Å². The average molecular weight is 532 g/mol. The molecule has 2 unspecified atom stereocenters. The fraction of sp³-hybridized carbons (Fsp3) is 0.586. The summed E-state index contributed by atoms with van der Waals surface area (Å²) >= 11 is 0. The van der Waals surface area contributed by atoms with Crippen molar-refractivity contribution >= 4 is 11.8 Å². The van der Waals surface area contributed by atoms with Crippen LogP contribution in [0.2, 0.25) is 0 Å². The number of aromatic nitrogens is 1. The number of hydrogen-bond donors (Lipinski definition) is 2. The predicted molar refractivity (Wildman–Crippen MR) is 138 cm³/mol. The van der Waals surface area contributed by atoms with Crippen molar-refractivity contribution in [2.24, 2.45) is 0 Å². The van der Waals surface area contributed by atoms with Gasteiger partial charge in [0.25, 0.3) is 0 Å². The van der Waals surface area contributed by atoms with Crippen molar-refractivity contribution in [3.63, 3.8) is 0 Å². The minimum Gasteiger partial charge on any atom is -0.480 e. The lowest BCUT2D eigenvalue weighted by Gasteiger charge is -2.28. The Morgan fingerprint density at radius 2 is 2.11 bits per heavy atom. The standard InChI is InChI=1S/C29H36F3N3O3/c30-21-7-9-24(20-10-12-29(31,32)17-20)25(16-21)26(28(36)37)35-14-11-23(18-35)38-15-2-1-5-22-8-6-19-4-3-13-33-27(19)34-22/h6-9,16,20,23,26H,1-5,10-15,17-18H2,(H,33,34)(H,36,37)/t20?,23-,26?/m1/s1. The van der Waals surface area contributed by atoms with E-state index in [0.717, 1.165) is 50.2 Å². The van der Waals surface area contributed by atoms with E-state index in [1.165, 1.54) is 23.8 Å². The van der Waals surface area contributed by atoms with Crippen LogP contribution in [0, 0.1) is 5.82 Å². The van der Waals surface area contributed by atoms with Gasteiger partial charge in [-0.25, -0.2) is 18.2 Å². The normalized spacial score (nSPS) is 23.7. The molecular formula is C29H36F3N3O3. The van der Waals surface area contributed by atoms with Gasteiger partial charge in [0.2, 0.25) is 5.92 Å². The largest absolute Gasteiger partial charge is 0.480 e. The molecule has 1 saturated heterocycles. The number of likely N-dealkylation sites (tertiary alicyclic amines) is 1. The number of pyridine rings is 1. The lowest BCUT2D eigenvalue weighted by Crippen LogP contribution is -2.34. The number of carbonyl (C=O) groups is 1. The molecule has 3 atom stereocenters. The van der Waals surface area contributed by atoms with Gasteiger partial charge in [0.05, 0.1) is 6.10 Å². The summed E-state index contributed by atoms with van der Waals surface area (Å²) in [7, 11) is 0. The number of ether oxygens (including phenoxy) is 1. The number of benzene rings is 1. The zero-order chi connectivity index (χ0) is 26.7. The van der Waals surface area contributed by atoms with E-state index in [2.05, 4.69) is 17.4 Å². The van der Waals surface area contributed by atoms with E-state index < -0.39 is 29.7 Å². The highest BCUT2D eigenvalue weighted by Crippen LogP contribution is 2.46. The second-order valence-electron chi connectivity index (χ2n) is 10.9. The van der Waals surface area contributed by atoms with Gasteiger partial charge in [-0.3, -0.25) is 9.69 Å². The summed E-state index contributed by atoms with van der Waals surface area (Å²) in [6.45, 7) is 2.44. The molecule has 0 radical (unpaired) electrons. The molecule has 5 rings (SSSR count). The van der Waals surface area contributed by atoms with Crippen LogP contribution in [0.5, 0.6) is 0 Å². The molecule has 3 heterocycles. The summed E-state index contributed by atoms with van der Waals surface area (Å²) < 4.78 is 48.1. The minimum absolute atomic E-state index is 0.115. The Bertz CT molecular complexity index is 1150. The average Bonchev–Trinajstić information content (AvgIpc) is 3.49. The van der Waals surface area contributed by atoms with Gasteiger partial charge in [-0.15, -0.1) is 0 Å². The van der Waals surface area contributed by atoms with Crippen LogP contribution < -0.4 is 5.32 Å². The van der Waals surface area contributed by atoms with Crippen molar-refractivity contribution in [2.45, 2.75) is 81.8 Å². The third-order valence-electron chi connectivity index (χ3n) is 8.09. The van der Waals surface area contributed by atoms with E-state index in [9.17, 15) is 23.1 Å². The quantitative estimate of drug-likeness (QED) is 0.382. The summed E-state index contributed by atoms with van der Waals surface area (Å²) in [6.07, 6.45) is 5.16. The summed E-state index contributed by atoms with van der Waals surface area (Å²) in [4.78, 5) is 18.9. The third kappa shape index (κ3) is 6.31. The van der Waals surface area contributed by atoms with Crippen LogP contribution in [-0.2, 0) is 22.4 Å². The van der Waals surface area contributed by atoms with Crippen molar-refractivity contribution in [1.82, 2.24) is 9.88 Å². The number of aliphatic carboxylic acids is 1. The maximum absolute atomic E-state index is 14.2. The van der Waals surface area contributed by atoms with Crippen LogP contribution >= 0.6 is 0 Å². The fourth-order valence-corrected chi connectivity index (χ4v) is 6.15. The summed E-state index contributed by atoms with van der Waals surface area (Å²) in [6, 6.07) is 7.11. The van der Waals surface area contributed by atoms with Crippen LogP contribution in [0.15, 0.2) is 30.3 Å². The molecule has 0 amide bonds. The highest BCUT2D eigenvalue weighted by molar-refractivity contribution is 5.76. The molecule has 206 valence electrons. The van der Waals surface area contributed by atoms with E-state index >= 15 is 0 Å². The Labute approximate surface area is 221 Å². The first-order valence-corrected chi connectivity index (χ1v) is 13.8. The molecule has 3 aliphatic rings. The second kappa shape index (κ2) is 11.6. The molecule has 1 saturated carbocycles. The topological polar surface area (TPSA) is 74.7 Å². The Morgan fingerprint density at radius 1 is 1.24 bits per heavy atom. The molecule has 38 heavy (non-hydrogen) atoms. The van der Waals surface area contributed by atoms with Gasteiger partial charge in [-0.1, -0.05) is 12.1 Å². The molecule has 6 nitrogen and oxygen atoms in total. The van der Waals surface area contributed by atoms with Gasteiger partial charge in [0.1, 0.15) is 17.7 Å². The van der Waals surface area contributed by atoms with E-state index in [0.29, 0.717) is 31.7 Å². The number of halogens is 3. The smallest absolute Gasteiger partial charge is 0.325 e. The van der Waals surface area contributed by atoms with E-state index in [4.69, 9.17) is 9.72 Å². The molecule has 9 heteroatoms. The van der Waals surface area contributed by atoms with Gasteiger partial charge in [-0.2, -0.15) is 0 Å². The van der Waals surface area contributed by atoms with Gasteiger partial charge in [-0.05, 0) is 85.8 Å². The summed E-state index contributed by atoms with van der Waals surface area (Å²) in [5, 5.41) is 13.5. The number of nitrogens with zero attached hydrogens (tertiary/aromatic N) is 2. The zero-order valence-corrected chi connectivity index (χ0v) is 21.6. The number of rotatable bonds is 10. The number of alkyl halides is 2. The first-order valence-electron chi connectivity index (χ1n) is 13.8. The van der Waals surface area contributed by atoms with Crippen LogP contribution in [0.4, 0.5) is 19.0 Å². The highest BCUT2D eigenvalue weighted by atomic mass is 19.3. The predicted octanol–water partition coefficient (Wildman–Crippen LogP) is 5.72. The van der Waals surface area contributed by atoms with Crippen molar-refractivity contribution in [3.8, 4) is 0 Å². The number of unbranched alkanes of at least 4 members (excludes halogenated alkanes) is 1. The molecule has 1 aliphatic carbocycles. The molecule has 2 aliphatic heterocycles. The molecule has 2 N–H and O–H groups in total. The minimum atomic E-state index is -2.77. The van der Waals surface area contributed by atoms with Crippen molar-refractivity contribution < 1.29 is 27.8 Å². The molecule has 2 aromatic rings. The molecular weight excluding hydrogens is 495 g/mol. The van der Waals surface area contributed by atoms with Gasteiger partial charge >= 0.3 is 5.97 Å². The summed E-state index contributed by atoms with van der Waals surface area (Å²) in [5.41, 5.74) is 3.15. The first-order chi connectivity index (χ1) is 18.3. The van der Waals surface area contributed by atoms with Crippen molar-refractivity contribution in [3.05, 3.63) is 58.5 Å². The number of nitrogens with one attached hydrogen (secondary N) is 1. The number of anilines is 1. The van der Waals surface area contributed by atoms with E-state index in [1.807, 2.05) is 0 Å². The lowest BCUT2D eigenvalue weighted by atomic mass is 9.88. The van der Waals surface area contributed by atoms with Gasteiger partial charge in [0.15, 0.2) is 0 Å². The van der Waals surface area contributed by atoms with Gasteiger partial charge in [0, 0.05) is 44.8 Å². The van der Waals surface area contributed by atoms with E-state index in [1.54, 1.807) is 4.90 Å². The summed E-state index contributed by atoms with van der Waals surface area (Å²) in [5.74, 6) is -3.90. The molecule has 2 fully saturated rings. The first kappa shape index (κ1) is 26.9. The molecule has 0 bridgehead atoms. The third-order valence-corrected chi connectivity index (χ3v) is 8.09. The number of aryl methyl sites for hydroxylation is 2.